The van der Waals surface area contributed by atoms with Gasteiger partial charge in [0.15, 0.2) is 9.84 Å². The van der Waals surface area contributed by atoms with Gasteiger partial charge in [-0.2, -0.15) is 0 Å². The van der Waals surface area contributed by atoms with Crippen molar-refractivity contribution in [1.82, 2.24) is 15.5 Å². The van der Waals surface area contributed by atoms with E-state index in [0.29, 0.717) is 42.7 Å². The molecule has 2 amide bonds. The lowest BCUT2D eigenvalue weighted by molar-refractivity contribution is -0.0287. The standard InChI is InChI=1S/C20H31Cl2N3O4S/c1-20(2,3)30(27,28)10-4-7-23-19(26)24-12-16-14-25(8-9-29-16)13-15-5-6-17(21)18(22)11-15/h5-6,11,16H,4,7-10,12-14H2,1-3H3,(H2,23,24,26)/t16-/m0/s1. The van der Waals surface area contributed by atoms with Crippen LogP contribution >= 0.6 is 23.2 Å². The molecule has 1 atom stereocenters. The van der Waals surface area contributed by atoms with Crippen molar-refractivity contribution in [2.24, 2.45) is 0 Å². The van der Waals surface area contributed by atoms with E-state index >= 15 is 0 Å². The Morgan fingerprint density at radius 1 is 1.23 bits per heavy atom. The third-order valence-electron chi connectivity index (χ3n) is 4.91. The van der Waals surface area contributed by atoms with E-state index in [1.807, 2.05) is 12.1 Å². The lowest BCUT2D eigenvalue weighted by Gasteiger charge is -2.33. The van der Waals surface area contributed by atoms with Crippen LogP contribution in [0.3, 0.4) is 0 Å². The zero-order valence-corrected chi connectivity index (χ0v) is 20.0. The number of amides is 2. The van der Waals surface area contributed by atoms with Crippen LogP contribution in [0.4, 0.5) is 4.79 Å². The van der Waals surface area contributed by atoms with Gasteiger partial charge in [0.25, 0.3) is 0 Å². The van der Waals surface area contributed by atoms with Gasteiger partial charge in [-0.25, -0.2) is 13.2 Å². The molecule has 0 bridgehead atoms. The molecule has 2 N–H and O–H groups in total. The molecule has 1 aliphatic heterocycles. The van der Waals surface area contributed by atoms with E-state index in [0.717, 1.165) is 18.7 Å². The van der Waals surface area contributed by atoms with Crippen molar-refractivity contribution in [3.05, 3.63) is 33.8 Å². The normalized spacial score (nSPS) is 18.2. The van der Waals surface area contributed by atoms with Crippen LogP contribution < -0.4 is 10.6 Å². The molecule has 0 radical (unpaired) electrons. The number of hydrogen-bond acceptors (Lipinski definition) is 5. The second kappa shape index (κ2) is 11.0. The first kappa shape index (κ1) is 25.2. The Hall–Kier alpha value is -1.06. The average molecular weight is 480 g/mol. The molecule has 10 heteroatoms. The summed E-state index contributed by atoms with van der Waals surface area (Å²) < 4.78 is 29.1. The first-order valence-electron chi connectivity index (χ1n) is 10.00. The number of nitrogens with zero attached hydrogens (tertiary/aromatic N) is 1. The van der Waals surface area contributed by atoms with Crippen LogP contribution in [0.25, 0.3) is 0 Å². The number of rotatable bonds is 8. The number of morpholine rings is 1. The highest BCUT2D eigenvalue weighted by atomic mass is 35.5. The number of urea groups is 1. The molecule has 7 nitrogen and oxygen atoms in total. The van der Waals surface area contributed by atoms with Gasteiger partial charge in [0.1, 0.15) is 0 Å². The van der Waals surface area contributed by atoms with Crippen molar-refractivity contribution in [2.45, 2.75) is 44.6 Å². The van der Waals surface area contributed by atoms with Gasteiger partial charge >= 0.3 is 6.03 Å². The summed E-state index contributed by atoms with van der Waals surface area (Å²) in [6.45, 7) is 8.51. The predicted molar refractivity (Wildman–Crippen MR) is 121 cm³/mol. The van der Waals surface area contributed by atoms with Crippen molar-refractivity contribution >= 4 is 39.1 Å². The molecule has 1 aromatic rings. The van der Waals surface area contributed by atoms with Crippen molar-refractivity contribution in [2.75, 3.05) is 38.5 Å². The van der Waals surface area contributed by atoms with E-state index in [9.17, 15) is 13.2 Å². The fourth-order valence-electron chi connectivity index (χ4n) is 2.98. The number of carbonyl (C=O) groups excluding carboxylic acids is 1. The second-order valence-electron chi connectivity index (χ2n) is 8.40. The van der Waals surface area contributed by atoms with Crippen LogP contribution in [-0.4, -0.2) is 68.7 Å². The Morgan fingerprint density at radius 2 is 1.97 bits per heavy atom. The highest BCUT2D eigenvalue weighted by Gasteiger charge is 2.28. The average Bonchev–Trinajstić information content (AvgIpc) is 2.66. The van der Waals surface area contributed by atoms with E-state index in [2.05, 4.69) is 15.5 Å². The molecule has 170 valence electrons. The minimum Gasteiger partial charge on any atom is -0.374 e. The summed E-state index contributed by atoms with van der Waals surface area (Å²) in [7, 11) is -3.18. The molecule has 0 saturated carbocycles. The third-order valence-corrected chi connectivity index (χ3v) is 8.34. The highest BCUT2D eigenvalue weighted by molar-refractivity contribution is 7.92. The lowest BCUT2D eigenvalue weighted by Crippen LogP contribution is -2.48. The number of halogens is 2. The van der Waals surface area contributed by atoms with Crippen LogP contribution in [0.1, 0.15) is 32.8 Å². The number of benzene rings is 1. The molecule has 2 rings (SSSR count). The lowest BCUT2D eigenvalue weighted by atomic mass is 10.2. The first-order valence-corrected chi connectivity index (χ1v) is 12.4. The van der Waals surface area contributed by atoms with Crippen molar-refractivity contribution in [3.8, 4) is 0 Å². The number of carbonyl (C=O) groups is 1. The summed E-state index contributed by atoms with van der Waals surface area (Å²) in [5.74, 6) is 0.0478. The summed E-state index contributed by atoms with van der Waals surface area (Å²) in [6.07, 6.45) is 0.262. The van der Waals surface area contributed by atoms with Gasteiger partial charge in [0.05, 0.1) is 33.3 Å². The molecule has 0 spiro atoms. The summed E-state index contributed by atoms with van der Waals surface area (Å²) in [5, 5.41) is 6.56. The molecule has 0 unspecified atom stereocenters. The van der Waals surface area contributed by atoms with E-state index < -0.39 is 14.6 Å². The number of ether oxygens (including phenoxy) is 1. The smallest absolute Gasteiger partial charge is 0.314 e. The Balaban J connectivity index is 1.68. The molecule has 1 aliphatic rings. The van der Waals surface area contributed by atoms with Gasteiger partial charge in [0, 0.05) is 32.7 Å². The van der Waals surface area contributed by atoms with E-state index in [1.54, 1.807) is 26.8 Å². The first-order chi connectivity index (χ1) is 14.0. The fourth-order valence-corrected chi connectivity index (χ4v) is 4.44. The quantitative estimate of drug-likeness (QED) is 0.559. The summed E-state index contributed by atoms with van der Waals surface area (Å²) in [6, 6.07) is 5.27. The summed E-state index contributed by atoms with van der Waals surface area (Å²) >= 11 is 12.0. The number of sulfone groups is 1. The van der Waals surface area contributed by atoms with E-state index in [-0.39, 0.29) is 17.9 Å². The van der Waals surface area contributed by atoms with Crippen LogP contribution in [0, 0.1) is 0 Å². The minimum atomic E-state index is -3.18. The maximum absolute atomic E-state index is 12.1. The maximum atomic E-state index is 12.1. The molecule has 1 aromatic carbocycles. The SMILES string of the molecule is CC(C)(C)S(=O)(=O)CCCNC(=O)NC[C@H]1CN(Cc2ccc(Cl)c(Cl)c2)CCO1. The van der Waals surface area contributed by atoms with Crippen molar-refractivity contribution in [3.63, 3.8) is 0 Å². The van der Waals surface area contributed by atoms with E-state index in [4.69, 9.17) is 27.9 Å². The molecule has 1 saturated heterocycles. The van der Waals surface area contributed by atoms with Crippen LogP contribution in [-0.2, 0) is 21.1 Å². The number of hydrogen-bond donors (Lipinski definition) is 2. The van der Waals surface area contributed by atoms with Gasteiger partial charge in [-0.3, -0.25) is 4.90 Å². The summed E-state index contributed by atoms with van der Waals surface area (Å²) in [5.41, 5.74) is 1.07. The van der Waals surface area contributed by atoms with Crippen LogP contribution in [0.5, 0.6) is 0 Å². The van der Waals surface area contributed by atoms with Crippen molar-refractivity contribution < 1.29 is 17.9 Å². The molecule has 1 fully saturated rings. The van der Waals surface area contributed by atoms with Gasteiger partial charge in [-0.05, 0) is 44.9 Å². The molecule has 1 heterocycles. The van der Waals surface area contributed by atoms with Crippen LogP contribution in [0.15, 0.2) is 18.2 Å². The number of nitrogens with one attached hydrogen (secondary N) is 2. The van der Waals surface area contributed by atoms with E-state index in [1.165, 1.54) is 0 Å². The van der Waals surface area contributed by atoms with Gasteiger partial charge < -0.3 is 15.4 Å². The molecular formula is C20H31Cl2N3O4S. The Labute approximate surface area is 189 Å². The molecule has 0 aromatic heterocycles. The Morgan fingerprint density at radius 3 is 2.63 bits per heavy atom. The predicted octanol–water partition coefficient (Wildman–Crippen LogP) is 3.10. The molecular weight excluding hydrogens is 449 g/mol. The minimum absolute atomic E-state index is 0.0478. The Kier molecular flexibility index (Phi) is 9.24. The fraction of sp³-hybridized carbons (Fsp3) is 0.650. The zero-order valence-electron chi connectivity index (χ0n) is 17.7. The third kappa shape index (κ3) is 7.89. The second-order valence-corrected chi connectivity index (χ2v) is 12.1. The molecule has 30 heavy (non-hydrogen) atoms. The largest absolute Gasteiger partial charge is 0.374 e. The van der Waals surface area contributed by atoms with Gasteiger partial charge in [-0.15, -0.1) is 0 Å². The van der Waals surface area contributed by atoms with Gasteiger partial charge in [-0.1, -0.05) is 29.3 Å². The van der Waals surface area contributed by atoms with Gasteiger partial charge in [0.2, 0.25) is 0 Å². The molecule has 0 aliphatic carbocycles. The monoisotopic (exact) mass is 479 g/mol. The summed E-state index contributed by atoms with van der Waals surface area (Å²) in [4.78, 5) is 14.2. The Bertz CT molecular complexity index is 828. The van der Waals surface area contributed by atoms with Crippen molar-refractivity contribution in [1.29, 1.82) is 0 Å². The maximum Gasteiger partial charge on any atom is 0.314 e. The topological polar surface area (TPSA) is 87.7 Å². The highest BCUT2D eigenvalue weighted by Crippen LogP contribution is 2.23. The van der Waals surface area contributed by atoms with Crippen LogP contribution in [0.2, 0.25) is 10.0 Å². The zero-order chi connectivity index (χ0) is 22.4.